The molecule has 4 rings (SSSR count). The fourth-order valence-corrected chi connectivity index (χ4v) is 4.83. The van der Waals surface area contributed by atoms with Gasteiger partial charge in [0, 0.05) is 11.1 Å². The van der Waals surface area contributed by atoms with Gasteiger partial charge in [0.1, 0.15) is 57.2 Å². The van der Waals surface area contributed by atoms with Gasteiger partial charge in [0.05, 0.1) is 0 Å². The molecule has 0 aliphatic carbocycles. The van der Waals surface area contributed by atoms with Gasteiger partial charge in [-0.25, -0.2) is 0 Å². The van der Waals surface area contributed by atoms with Crippen LogP contribution in [0.25, 0.3) is 0 Å². The summed E-state index contributed by atoms with van der Waals surface area (Å²) >= 11 is 0. The lowest BCUT2D eigenvalue weighted by atomic mass is 9.96. The van der Waals surface area contributed by atoms with Gasteiger partial charge in [0.2, 0.25) is 0 Å². The van der Waals surface area contributed by atoms with E-state index < -0.39 is 6.10 Å². The van der Waals surface area contributed by atoms with Gasteiger partial charge in [0.15, 0.2) is 0 Å². The van der Waals surface area contributed by atoms with Crippen molar-refractivity contribution in [1.82, 2.24) is 0 Å². The molecule has 1 aliphatic heterocycles. The highest BCUT2D eigenvalue weighted by Gasteiger charge is 2.32. The minimum Gasteiger partial charge on any atom is -0.490 e. The van der Waals surface area contributed by atoms with Crippen LogP contribution in [-0.4, -0.2) is 50.5 Å². The van der Waals surface area contributed by atoms with Gasteiger partial charge in [0.25, 0.3) is 0 Å². The van der Waals surface area contributed by atoms with Crippen LogP contribution >= 0.6 is 0 Å². The summed E-state index contributed by atoms with van der Waals surface area (Å²) in [6, 6.07) is 28.2. The zero-order valence-corrected chi connectivity index (χ0v) is 19.3. The molecule has 1 atom stereocenters. The summed E-state index contributed by atoms with van der Waals surface area (Å²) < 4.78 is 5.93. The van der Waals surface area contributed by atoms with E-state index in [1.807, 2.05) is 12.1 Å². The van der Waals surface area contributed by atoms with Crippen molar-refractivity contribution in [3.05, 3.63) is 101 Å². The Morgan fingerprint density at radius 1 is 0.781 bits per heavy atom. The average Bonchev–Trinajstić information content (AvgIpc) is 2.83. The Balaban J connectivity index is 1.33. The SMILES string of the molecule is Cc1cccc(OC[C@@H](O)C[NH+]2CC[NH+](C(c3ccccc3)c3ccccc3)CC2)c1C. The van der Waals surface area contributed by atoms with Crippen LogP contribution in [0.3, 0.4) is 0 Å². The maximum absolute atomic E-state index is 10.6. The minimum atomic E-state index is -0.453. The summed E-state index contributed by atoms with van der Waals surface area (Å²) in [4.78, 5) is 3.07. The summed E-state index contributed by atoms with van der Waals surface area (Å²) in [5, 5.41) is 10.6. The molecule has 0 amide bonds. The lowest BCUT2D eigenvalue weighted by molar-refractivity contribution is -1.02. The highest BCUT2D eigenvalue weighted by molar-refractivity contribution is 5.38. The Kier molecular flexibility index (Phi) is 7.59. The van der Waals surface area contributed by atoms with Crippen molar-refractivity contribution in [2.24, 2.45) is 0 Å². The fraction of sp³-hybridized carbons (Fsp3) is 0.357. The van der Waals surface area contributed by atoms with E-state index >= 15 is 0 Å². The molecule has 0 bridgehead atoms. The fourth-order valence-electron chi connectivity index (χ4n) is 4.83. The summed E-state index contributed by atoms with van der Waals surface area (Å²) in [5.41, 5.74) is 5.11. The number of hydrogen-bond donors (Lipinski definition) is 3. The normalized spacial score (nSPS) is 19.6. The molecule has 168 valence electrons. The third-order valence-electron chi connectivity index (χ3n) is 6.78. The van der Waals surface area contributed by atoms with Gasteiger partial charge in [-0.2, -0.15) is 0 Å². The molecule has 1 saturated heterocycles. The quantitative estimate of drug-likeness (QED) is 0.506. The molecule has 1 fully saturated rings. The van der Waals surface area contributed by atoms with Crippen LogP contribution in [0, 0.1) is 13.8 Å². The number of aliphatic hydroxyl groups is 1. The molecule has 0 spiro atoms. The molecule has 1 aliphatic rings. The number of piperazine rings is 1. The number of aryl methyl sites for hydroxylation is 1. The van der Waals surface area contributed by atoms with Gasteiger partial charge >= 0.3 is 0 Å². The lowest BCUT2D eigenvalue weighted by Crippen LogP contribution is -3.28. The standard InChI is InChI=1S/C28H34N2O2/c1-22-10-9-15-27(23(22)2)32-21-26(31)20-29-16-18-30(19-17-29)28(24-11-5-3-6-12-24)25-13-7-4-8-14-25/h3-15,26,28,31H,16-21H2,1-2H3/p+2/t26-/m0/s1. The lowest BCUT2D eigenvalue weighted by Gasteiger charge is -2.35. The first-order chi connectivity index (χ1) is 15.6. The van der Waals surface area contributed by atoms with Crippen LogP contribution in [0.15, 0.2) is 78.9 Å². The van der Waals surface area contributed by atoms with E-state index in [2.05, 4.69) is 80.6 Å². The largest absolute Gasteiger partial charge is 0.490 e. The molecule has 0 saturated carbocycles. The Morgan fingerprint density at radius 2 is 1.38 bits per heavy atom. The topological polar surface area (TPSA) is 38.3 Å². The van der Waals surface area contributed by atoms with Gasteiger partial charge in [-0.05, 0) is 31.0 Å². The van der Waals surface area contributed by atoms with Crippen molar-refractivity contribution >= 4 is 0 Å². The zero-order chi connectivity index (χ0) is 22.3. The molecule has 3 N–H and O–H groups in total. The second-order valence-corrected chi connectivity index (χ2v) is 9.03. The minimum absolute atomic E-state index is 0.348. The third kappa shape index (κ3) is 5.57. The maximum Gasteiger partial charge on any atom is 0.139 e. The van der Waals surface area contributed by atoms with Crippen molar-refractivity contribution in [2.45, 2.75) is 26.0 Å². The zero-order valence-electron chi connectivity index (χ0n) is 19.3. The van der Waals surface area contributed by atoms with Gasteiger partial charge in [-0.1, -0.05) is 72.8 Å². The van der Waals surface area contributed by atoms with Crippen molar-refractivity contribution in [3.8, 4) is 5.75 Å². The highest BCUT2D eigenvalue weighted by Crippen LogP contribution is 2.21. The molecular weight excluding hydrogens is 396 g/mol. The van der Waals surface area contributed by atoms with Gasteiger partial charge in [-0.3, -0.25) is 0 Å². The van der Waals surface area contributed by atoms with Crippen molar-refractivity contribution in [3.63, 3.8) is 0 Å². The molecule has 4 nitrogen and oxygen atoms in total. The number of quaternary nitrogens is 2. The number of benzene rings is 3. The van der Waals surface area contributed by atoms with Crippen LogP contribution in [-0.2, 0) is 0 Å². The smallest absolute Gasteiger partial charge is 0.139 e. The summed E-state index contributed by atoms with van der Waals surface area (Å²) in [7, 11) is 0. The van der Waals surface area contributed by atoms with E-state index in [9.17, 15) is 5.11 Å². The first-order valence-corrected chi connectivity index (χ1v) is 11.8. The monoisotopic (exact) mass is 432 g/mol. The second-order valence-electron chi connectivity index (χ2n) is 9.03. The first kappa shape index (κ1) is 22.5. The van der Waals surface area contributed by atoms with E-state index in [0.717, 1.165) is 44.0 Å². The van der Waals surface area contributed by atoms with Crippen molar-refractivity contribution < 1.29 is 19.6 Å². The van der Waals surface area contributed by atoms with Crippen LogP contribution in [0.4, 0.5) is 0 Å². The van der Waals surface area contributed by atoms with E-state index in [-0.39, 0.29) is 0 Å². The molecule has 3 aromatic rings. The molecule has 4 heteroatoms. The third-order valence-corrected chi connectivity index (χ3v) is 6.78. The number of aliphatic hydroxyl groups excluding tert-OH is 1. The molecule has 32 heavy (non-hydrogen) atoms. The number of rotatable bonds is 8. The first-order valence-electron chi connectivity index (χ1n) is 11.8. The predicted octanol–water partition coefficient (Wildman–Crippen LogP) is 1.62. The molecule has 0 aromatic heterocycles. The van der Waals surface area contributed by atoms with Crippen molar-refractivity contribution in [1.29, 1.82) is 0 Å². The molecule has 1 heterocycles. The second kappa shape index (κ2) is 10.8. The summed E-state index contributed by atoms with van der Waals surface area (Å²) in [6.45, 7) is 9.55. The predicted molar refractivity (Wildman–Crippen MR) is 128 cm³/mol. The Morgan fingerprint density at radius 3 is 1.97 bits per heavy atom. The number of nitrogens with one attached hydrogen (secondary N) is 2. The Labute approximate surface area is 192 Å². The van der Waals surface area contributed by atoms with Gasteiger partial charge in [-0.15, -0.1) is 0 Å². The van der Waals surface area contributed by atoms with E-state index in [1.54, 1.807) is 4.90 Å². The van der Waals surface area contributed by atoms with Gasteiger partial charge < -0.3 is 19.6 Å². The van der Waals surface area contributed by atoms with Crippen LogP contribution in [0.1, 0.15) is 28.3 Å². The maximum atomic E-state index is 10.6. The van der Waals surface area contributed by atoms with Crippen LogP contribution < -0.4 is 14.5 Å². The van der Waals surface area contributed by atoms with E-state index in [4.69, 9.17) is 4.74 Å². The number of hydrogen-bond acceptors (Lipinski definition) is 2. The summed E-state index contributed by atoms with van der Waals surface area (Å²) in [6.07, 6.45) is -0.453. The average molecular weight is 433 g/mol. The highest BCUT2D eigenvalue weighted by atomic mass is 16.5. The summed E-state index contributed by atoms with van der Waals surface area (Å²) in [5.74, 6) is 0.877. The molecular formula is C28H36N2O2+2. The van der Waals surface area contributed by atoms with E-state index in [0.29, 0.717) is 12.6 Å². The molecule has 0 unspecified atom stereocenters. The van der Waals surface area contributed by atoms with Crippen molar-refractivity contribution in [2.75, 3.05) is 39.3 Å². The molecule has 3 aromatic carbocycles. The van der Waals surface area contributed by atoms with Crippen LogP contribution in [0.2, 0.25) is 0 Å². The van der Waals surface area contributed by atoms with Crippen LogP contribution in [0.5, 0.6) is 5.75 Å². The molecule has 0 radical (unpaired) electrons. The Bertz CT molecular complexity index is 930. The number of ether oxygens (including phenoxy) is 1. The van der Waals surface area contributed by atoms with E-state index in [1.165, 1.54) is 21.6 Å². The Hall–Kier alpha value is -2.66.